The highest BCUT2D eigenvalue weighted by Gasteiger charge is 2.43. The minimum atomic E-state index is -2.83. The summed E-state index contributed by atoms with van der Waals surface area (Å²) >= 11 is 0. The predicted octanol–water partition coefficient (Wildman–Crippen LogP) is 3.48. The molecular formula is C9H16F4O. The van der Waals surface area contributed by atoms with Gasteiger partial charge in [0, 0.05) is 19.3 Å². The van der Waals surface area contributed by atoms with Gasteiger partial charge >= 0.3 is 0 Å². The standard InChI is InChI=1S/C7H11F3O.C2H5F/c1-2-7(10)4-3-6(8,9)5-11-7;1-2-3/h2-5H2,1H3;2H2,1H3. The van der Waals surface area contributed by atoms with E-state index in [2.05, 4.69) is 4.74 Å². The molecule has 1 rings (SSSR count). The lowest BCUT2D eigenvalue weighted by Crippen LogP contribution is -2.40. The maximum Gasteiger partial charge on any atom is 0.271 e. The van der Waals surface area contributed by atoms with Crippen LogP contribution in [0.2, 0.25) is 0 Å². The Kier molecular flexibility index (Phi) is 5.41. The Morgan fingerprint density at radius 3 is 1.93 bits per heavy atom. The van der Waals surface area contributed by atoms with Crippen molar-refractivity contribution in [3.05, 3.63) is 0 Å². The van der Waals surface area contributed by atoms with Crippen LogP contribution >= 0.6 is 0 Å². The lowest BCUT2D eigenvalue weighted by molar-refractivity contribution is -0.240. The van der Waals surface area contributed by atoms with Crippen LogP contribution in [0.25, 0.3) is 0 Å². The summed E-state index contributed by atoms with van der Waals surface area (Å²) < 4.78 is 52.6. The predicted molar refractivity (Wildman–Crippen MR) is 45.9 cm³/mol. The number of rotatable bonds is 1. The zero-order valence-electron chi connectivity index (χ0n) is 8.46. The van der Waals surface area contributed by atoms with Crippen molar-refractivity contribution in [2.75, 3.05) is 13.3 Å². The first-order valence-electron chi connectivity index (χ1n) is 4.66. The smallest absolute Gasteiger partial charge is 0.271 e. The Bertz CT molecular complexity index is 151. The highest BCUT2D eigenvalue weighted by Crippen LogP contribution is 2.36. The summed E-state index contributed by atoms with van der Waals surface area (Å²) in [6.07, 6.45) is -0.461. The topological polar surface area (TPSA) is 9.23 Å². The van der Waals surface area contributed by atoms with Crippen LogP contribution in [-0.4, -0.2) is 25.1 Å². The second-order valence-corrected chi connectivity index (χ2v) is 3.15. The van der Waals surface area contributed by atoms with Gasteiger partial charge in [-0.05, 0) is 6.92 Å². The molecule has 0 aromatic carbocycles. The first-order valence-corrected chi connectivity index (χ1v) is 4.66. The fourth-order valence-electron chi connectivity index (χ4n) is 1.03. The minimum absolute atomic E-state index is 0.142. The maximum absolute atomic E-state index is 13.1. The van der Waals surface area contributed by atoms with Gasteiger partial charge in [0.15, 0.2) is 0 Å². The molecule has 0 saturated carbocycles. The molecule has 1 atom stereocenters. The molecule has 1 unspecified atom stereocenters. The van der Waals surface area contributed by atoms with Crippen molar-refractivity contribution in [2.45, 2.75) is 44.9 Å². The fourth-order valence-corrected chi connectivity index (χ4v) is 1.03. The Labute approximate surface area is 81.4 Å². The average molecular weight is 216 g/mol. The molecule has 1 aliphatic heterocycles. The first-order chi connectivity index (χ1) is 6.39. The minimum Gasteiger partial charge on any atom is -0.339 e. The molecular weight excluding hydrogens is 200 g/mol. The number of alkyl halides is 4. The molecule has 5 heteroatoms. The van der Waals surface area contributed by atoms with Gasteiger partial charge in [-0.25, -0.2) is 13.2 Å². The molecule has 0 aliphatic carbocycles. The second kappa shape index (κ2) is 5.53. The van der Waals surface area contributed by atoms with Crippen molar-refractivity contribution in [1.82, 2.24) is 0 Å². The van der Waals surface area contributed by atoms with Crippen molar-refractivity contribution >= 4 is 0 Å². The van der Waals surface area contributed by atoms with Gasteiger partial charge in [-0.2, -0.15) is 0 Å². The molecule has 1 aliphatic rings. The maximum atomic E-state index is 13.1. The Hall–Kier alpha value is -0.320. The van der Waals surface area contributed by atoms with Crippen molar-refractivity contribution in [3.8, 4) is 0 Å². The SMILES string of the molecule is CCC1(F)CCC(F)(F)CO1.CCF. The van der Waals surface area contributed by atoms with Gasteiger partial charge < -0.3 is 4.74 Å². The van der Waals surface area contributed by atoms with Crippen LogP contribution < -0.4 is 0 Å². The average Bonchev–Trinajstić information content (AvgIpc) is 2.13. The molecule has 0 bridgehead atoms. The van der Waals surface area contributed by atoms with Gasteiger partial charge in [0.05, 0.1) is 6.67 Å². The molecule has 1 fully saturated rings. The third-order valence-electron chi connectivity index (χ3n) is 1.93. The van der Waals surface area contributed by atoms with Gasteiger partial charge in [0.25, 0.3) is 5.92 Å². The van der Waals surface area contributed by atoms with Crippen molar-refractivity contribution < 1.29 is 22.3 Å². The molecule has 0 radical (unpaired) electrons. The summed E-state index contributed by atoms with van der Waals surface area (Å²) in [5.41, 5.74) is 0. The van der Waals surface area contributed by atoms with E-state index in [1.54, 1.807) is 6.92 Å². The summed E-state index contributed by atoms with van der Waals surface area (Å²) in [6.45, 7) is 2.01. The van der Waals surface area contributed by atoms with Gasteiger partial charge in [-0.3, -0.25) is 4.39 Å². The van der Waals surface area contributed by atoms with Crippen molar-refractivity contribution in [3.63, 3.8) is 0 Å². The van der Waals surface area contributed by atoms with Crippen LogP contribution in [0.5, 0.6) is 0 Å². The third-order valence-corrected chi connectivity index (χ3v) is 1.93. The Balaban J connectivity index is 0.000000500. The van der Waals surface area contributed by atoms with E-state index in [9.17, 15) is 17.6 Å². The normalized spacial score (nSPS) is 30.4. The number of hydrogen-bond acceptors (Lipinski definition) is 1. The van der Waals surface area contributed by atoms with Crippen LogP contribution in [0.4, 0.5) is 17.6 Å². The zero-order valence-corrected chi connectivity index (χ0v) is 8.46. The molecule has 86 valence electrons. The number of ether oxygens (including phenoxy) is 1. The lowest BCUT2D eigenvalue weighted by atomic mass is 10.0. The van der Waals surface area contributed by atoms with Crippen LogP contribution in [-0.2, 0) is 4.74 Å². The molecule has 1 saturated heterocycles. The molecule has 14 heavy (non-hydrogen) atoms. The molecule has 0 aromatic heterocycles. The van der Waals surface area contributed by atoms with E-state index in [-0.39, 0.29) is 19.5 Å². The van der Waals surface area contributed by atoms with E-state index in [0.717, 1.165) is 0 Å². The van der Waals surface area contributed by atoms with Gasteiger partial charge in [0.1, 0.15) is 6.61 Å². The monoisotopic (exact) mass is 216 g/mol. The van der Waals surface area contributed by atoms with Gasteiger partial charge in [-0.15, -0.1) is 0 Å². The second-order valence-electron chi connectivity index (χ2n) is 3.15. The lowest BCUT2D eigenvalue weighted by Gasteiger charge is -2.33. The molecule has 0 spiro atoms. The third kappa shape index (κ3) is 4.79. The fraction of sp³-hybridized carbons (Fsp3) is 1.00. The molecule has 1 nitrogen and oxygen atoms in total. The molecule has 0 amide bonds. The van der Waals surface area contributed by atoms with E-state index >= 15 is 0 Å². The Morgan fingerprint density at radius 2 is 1.64 bits per heavy atom. The number of hydrogen-bond donors (Lipinski definition) is 0. The molecule has 0 aromatic rings. The van der Waals surface area contributed by atoms with Crippen molar-refractivity contribution in [2.24, 2.45) is 0 Å². The van der Waals surface area contributed by atoms with Crippen LogP contribution in [0, 0.1) is 0 Å². The zero-order chi connectivity index (χ0) is 11.2. The summed E-state index contributed by atoms with van der Waals surface area (Å²) in [6, 6.07) is 0. The Morgan fingerprint density at radius 1 is 1.14 bits per heavy atom. The van der Waals surface area contributed by atoms with E-state index in [0.29, 0.717) is 0 Å². The summed E-state index contributed by atoms with van der Waals surface area (Å²) in [5.74, 6) is -4.63. The van der Waals surface area contributed by atoms with Crippen molar-refractivity contribution in [1.29, 1.82) is 0 Å². The first kappa shape index (κ1) is 13.7. The molecule has 0 N–H and O–H groups in total. The summed E-state index contributed by atoms with van der Waals surface area (Å²) in [4.78, 5) is 0. The largest absolute Gasteiger partial charge is 0.339 e. The van der Waals surface area contributed by atoms with E-state index in [1.807, 2.05) is 0 Å². The van der Waals surface area contributed by atoms with Gasteiger partial charge in [-0.1, -0.05) is 6.92 Å². The summed E-state index contributed by atoms with van der Waals surface area (Å²) in [5, 5.41) is 0. The van der Waals surface area contributed by atoms with E-state index in [1.165, 1.54) is 6.92 Å². The number of halogens is 4. The highest BCUT2D eigenvalue weighted by atomic mass is 19.3. The molecule has 1 heterocycles. The highest BCUT2D eigenvalue weighted by molar-refractivity contribution is 4.79. The summed E-state index contributed by atoms with van der Waals surface area (Å²) in [7, 11) is 0. The van der Waals surface area contributed by atoms with Gasteiger partial charge in [0.2, 0.25) is 5.85 Å². The van der Waals surface area contributed by atoms with Crippen LogP contribution in [0.15, 0.2) is 0 Å². The van der Waals surface area contributed by atoms with Crippen LogP contribution in [0.1, 0.15) is 33.1 Å². The quantitative estimate of drug-likeness (QED) is 0.610. The van der Waals surface area contributed by atoms with E-state index < -0.39 is 24.8 Å². The van der Waals surface area contributed by atoms with E-state index in [4.69, 9.17) is 0 Å². The van der Waals surface area contributed by atoms with Crippen LogP contribution in [0.3, 0.4) is 0 Å².